The Kier molecular flexibility index (Phi) is 17.5. The van der Waals surface area contributed by atoms with Gasteiger partial charge in [0.15, 0.2) is 23.0 Å². The number of benzene rings is 4. The average molecular weight is 773 g/mol. The highest BCUT2D eigenvalue weighted by Crippen LogP contribution is 2.38. The van der Waals surface area contributed by atoms with Crippen molar-refractivity contribution >= 4 is 23.0 Å². The highest BCUT2D eigenvalue weighted by atomic mass is 16.6. The third kappa shape index (κ3) is 11.8. The summed E-state index contributed by atoms with van der Waals surface area (Å²) in [6.07, 6.45) is 0. The molecule has 0 saturated heterocycles. The Morgan fingerprint density at radius 1 is 0.286 bits per heavy atom. The molecule has 0 amide bonds. The zero-order valence-electron chi connectivity index (χ0n) is 32.6. The van der Waals surface area contributed by atoms with Crippen molar-refractivity contribution in [2.75, 3.05) is 108 Å². The fourth-order valence-corrected chi connectivity index (χ4v) is 5.85. The molecule has 4 aromatic carbocycles. The van der Waals surface area contributed by atoms with Crippen molar-refractivity contribution in [1.82, 2.24) is 0 Å². The van der Waals surface area contributed by atoms with Crippen LogP contribution in [0, 0.1) is 0 Å². The molecule has 4 aromatic rings. The molecule has 0 N–H and O–H groups in total. The van der Waals surface area contributed by atoms with Gasteiger partial charge >= 0.3 is 0 Å². The molecule has 1 aliphatic rings. The fourth-order valence-electron chi connectivity index (χ4n) is 5.85. The SMILES string of the molecule is COc1ccccc1/C1=C(\c2ccccc2OC)OCCOCCOCCO/C(c2ccccc2OC)=C(/c2ccccc2OC)OCCOCCOCCO1. The van der Waals surface area contributed by atoms with E-state index in [9.17, 15) is 0 Å². The maximum absolute atomic E-state index is 6.45. The second-order valence-electron chi connectivity index (χ2n) is 12.0. The zero-order valence-corrected chi connectivity index (χ0v) is 32.6. The molecule has 0 fully saturated rings. The van der Waals surface area contributed by atoms with Gasteiger partial charge in [-0.1, -0.05) is 48.5 Å². The molecule has 12 heteroatoms. The Morgan fingerprint density at radius 2 is 0.482 bits per heavy atom. The first-order valence-electron chi connectivity index (χ1n) is 18.5. The summed E-state index contributed by atoms with van der Waals surface area (Å²) in [5.41, 5.74) is 2.86. The molecule has 0 unspecified atom stereocenters. The van der Waals surface area contributed by atoms with Gasteiger partial charge < -0.3 is 56.8 Å². The quantitative estimate of drug-likeness (QED) is 0.180. The first-order valence-corrected chi connectivity index (χ1v) is 18.5. The topological polar surface area (TPSA) is 111 Å². The number of hydrogen-bond donors (Lipinski definition) is 0. The van der Waals surface area contributed by atoms with Gasteiger partial charge in [0.1, 0.15) is 49.4 Å². The first-order chi connectivity index (χ1) is 27.7. The van der Waals surface area contributed by atoms with Crippen LogP contribution in [0.1, 0.15) is 22.3 Å². The number of methoxy groups -OCH3 is 4. The first kappa shape index (κ1) is 41.8. The molecule has 0 bridgehead atoms. The van der Waals surface area contributed by atoms with Crippen LogP contribution in [0.2, 0.25) is 0 Å². The fraction of sp³-hybridized carbons (Fsp3) is 0.364. The van der Waals surface area contributed by atoms with Gasteiger partial charge in [0.25, 0.3) is 0 Å². The van der Waals surface area contributed by atoms with E-state index < -0.39 is 0 Å². The van der Waals surface area contributed by atoms with Crippen molar-refractivity contribution < 1.29 is 56.8 Å². The van der Waals surface area contributed by atoms with Crippen LogP contribution >= 0.6 is 0 Å². The molecule has 1 aliphatic heterocycles. The van der Waals surface area contributed by atoms with Crippen LogP contribution in [0.5, 0.6) is 23.0 Å². The van der Waals surface area contributed by atoms with Gasteiger partial charge in [-0.05, 0) is 48.5 Å². The summed E-state index contributed by atoms with van der Waals surface area (Å²) in [6, 6.07) is 30.4. The molecule has 12 nitrogen and oxygen atoms in total. The van der Waals surface area contributed by atoms with E-state index in [1.165, 1.54) is 0 Å². The molecule has 0 aliphatic carbocycles. The van der Waals surface area contributed by atoms with Crippen molar-refractivity contribution in [2.24, 2.45) is 0 Å². The van der Waals surface area contributed by atoms with E-state index in [4.69, 9.17) is 56.8 Å². The second kappa shape index (κ2) is 23.5. The molecule has 0 atom stereocenters. The standard InChI is InChI=1S/C44H52O12/c1-45-37-17-9-5-13-33(37)41-42(34-14-6-10-18-38(34)46-2)54-30-26-50-23-24-52-28-32-56-44(36-16-8-12-20-40(36)48-4)43(35-15-7-11-19-39(35)47-3)55-31-27-51-22-21-49-25-29-53-41/h5-20H,21-32H2,1-4H3/b42-41-,44-43-. The third-order valence-corrected chi connectivity index (χ3v) is 8.46. The minimum absolute atomic E-state index is 0.227. The third-order valence-electron chi connectivity index (χ3n) is 8.46. The van der Waals surface area contributed by atoms with E-state index in [1.807, 2.05) is 97.1 Å². The summed E-state index contributed by atoms with van der Waals surface area (Å²) < 4.78 is 72.4. The van der Waals surface area contributed by atoms with Gasteiger partial charge in [0.2, 0.25) is 0 Å². The van der Waals surface area contributed by atoms with Crippen molar-refractivity contribution in [1.29, 1.82) is 0 Å². The highest BCUT2D eigenvalue weighted by Gasteiger charge is 2.23. The summed E-state index contributed by atoms with van der Waals surface area (Å²) in [5, 5.41) is 0. The smallest absolute Gasteiger partial charge is 0.172 e. The van der Waals surface area contributed by atoms with E-state index in [1.54, 1.807) is 28.4 Å². The average Bonchev–Trinajstić information content (AvgIpc) is 3.25. The van der Waals surface area contributed by atoms with Crippen molar-refractivity contribution in [2.45, 2.75) is 0 Å². The molecule has 0 spiro atoms. The summed E-state index contributed by atoms with van der Waals surface area (Å²) in [5.74, 6) is 4.42. The van der Waals surface area contributed by atoms with Gasteiger partial charge in [0, 0.05) is 0 Å². The van der Waals surface area contributed by atoms with Crippen LogP contribution in [0.15, 0.2) is 97.1 Å². The molecule has 0 radical (unpaired) electrons. The Labute approximate surface area is 329 Å². The monoisotopic (exact) mass is 772 g/mol. The van der Waals surface area contributed by atoms with Crippen molar-refractivity contribution in [3.8, 4) is 23.0 Å². The Bertz CT molecular complexity index is 1570. The maximum atomic E-state index is 6.45. The molecule has 0 saturated carbocycles. The lowest BCUT2D eigenvalue weighted by molar-refractivity contribution is 0.0176. The summed E-state index contributed by atoms with van der Waals surface area (Å²) in [4.78, 5) is 0. The van der Waals surface area contributed by atoms with Crippen LogP contribution in [0.4, 0.5) is 0 Å². The molecule has 5 rings (SSSR count). The molecular weight excluding hydrogens is 720 g/mol. The summed E-state index contributed by atoms with van der Waals surface area (Å²) >= 11 is 0. The van der Waals surface area contributed by atoms with Gasteiger partial charge in [0.05, 0.1) is 104 Å². The Balaban J connectivity index is 1.36. The Morgan fingerprint density at radius 3 is 0.696 bits per heavy atom. The van der Waals surface area contributed by atoms with Crippen LogP contribution < -0.4 is 18.9 Å². The van der Waals surface area contributed by atoms with Crippen LogP contribution in [-0.4, -0.2) is 108 Å². The van der Waals surface area contributed by atoms with E-state index >= 15 is 0 Å². The lowest BCUT2D eigenvalue weighted by Crippen LogP contribution is -2.15. The highest BCUT2D eigenvalue weighted by molar-refractivity contribution is 5.88. The summed E-state index contributed by atoms with van der Waals surface area (Å²) in [6.45, 7) is 3.45. The Hall–Kier alpha value is -5.40. The van der Waals surface area contributed by atoms with Gasteiger partial charge in [-0.15, -0.1) is 0 Å². The minimum atomic E-state index is 0.227. The largest absolute Gasteiger partial charge is 0.496 e. The van der Waals surface area contributed by atoms with Crippen LogP contribution in [-0.2, 0) is 37.9 Å². The number of hydrogen-bond acceptors (Lipinski definition) is 12. The molecule has 300 valence electrons. The summed E-state index contributed by atoms with van der Waals surface area (Å²) in [7, 11) is 6.48. The second-order valence-corrected chi connectivity index (χ2v) is 12.0. The van der Waals surface area contributed by atoms with E-state index in [-0.39, 0.29) is 26.4 Å². The molecule has 56 heavy (non-hydrogen) atoms. The number of para-hydroxylation sites is 4. The van der Waals surface area contributed by atoms with Crippen LogP contribution in [0.3, 0.4) is 0 Å². The van der Waals surface area contributed by atoms with E-state index in [0.29, 0.717) is 121 Å². The van der Waals surface area contributed by atoms with E-state index in [0.717, 1.165) is 0 Å². The lowest BCUT2D eigenvalue weighted by atomic mass is 10.1. The van der Waals surface area contributed by atoms with Gasteiger partial charge in [-0.2, -0.15) is 0 Å². The lowest BCUT2D eigenvalue weighted by Gasteiger charge is -2.21. The van der Waals surface area contributed by atoms with Crippen molar-refractivity contribution in [3.05, 3.63) is 119 Å². The minimum Gasteiger partial charge on any atom is -0.496 e. The number of ether oxygens (including phenoxy) is 12. The molecule has 0 aromatic heterocycles. The zero-order chi connectivity index (χ0) is 39.2. The van der Waals surface area contributed by atoms with Gasteiger partial charge in [-0.25, -0.2) is 0 Å². The van der Waals surface area contributed by atoms with Crippen LogP contribution in [0.25, 0.3) is 23.0 Å². The van der Waals surface area contributed by atoms with Crippen molar-refractivity contribution in [3.63, 3.8) is 0 Å². The normalized spacial score (nSPS) is 18.8. The molecular formula is C44H52O12. The van der Waals surface area contributed by atoms with E-state index in [2.05, 4.69) is 0 Å². The predicted molar refractivity (Wildman–Crippen MR) is 213 cm³/mol. The maximum Gasteiger partial charge on any atom is 0.172 e. The molecule has 1 heterocycles. The predicted octanol–water partition coefficient (Wildman–Crippen LogP) is 7.22. The van der Waals surface area contributed by atoms with Gasteiger partial charge in [-0.3, -0.25) is 0 Å². The number of rotatable bonds is 8.